The minimum atomic E-state index is -0.773. The molecule has 0 bridgehead atoms. The summed E-state index contributed by atoms with van der Waals surface area (Å²) in [7, 11) is 0. The molecule has 0 radical (unpaired) electrons. The fraction of sp³-hybridized carbons (Fsp3) is 0.692. The van der Waals surface area contributed by atoms with Crippen molar-refractivity contribution in [2.75, 3.05) is 13.1 Å². The van der Waals surface area contributed by atoms with Crippen LogP contribution in [0.2, 0.25) is 0 Å². The van der Waals surface area contributed by atoms with Crippen LogP contribution in [0.5, 0.6) is 0 Å². The van der Waals surface area contributed by atoms with Crippen LogP contribution in [0, 0.1) is 17.8 Å². The number of piperidine rings is 1. The summed E-state index contributed by atoms with van der Waals surface area (Å²) in [4.78, 5) is 16.9. The molecule has 1 amide bonds. The van der Waals surface area contributed by atoms with Gasteiger partial charge in [-0.15, -0.1) is 0 Å². The van der Waals surface area contributed by atoms with Gasteiger partial charge in [0, 0.05) is 49.8 Å². The Morgan fingerprint density at radius 2 is 2.11 bits per heavy atom. The van der Waals surface area contributed by atoms with Crippen LogP contribution in [0.25, 0.3) is 0 Å². The highest BCUT2D eigenvalue weighted by atomic mass is 16.4. The zero-order chi connectivity index (χ0) is 12.3. The highest BCUT2D eigenvalue weighted by molar-refractivity contribution is 5.65. The minimum absolute atomic E-state index is 0.511. The van der Waals surface area contributed by atoms with E-state index in [1.807, 2.05) is 6.20 Å². The van der Waals surface area contributed by atoms with Gasteiger partial charge in [-0.05, 0) is 18.8 Å². The molecule has 5 heteroatoms. The van der Waals surface area contributed by atoms with E-state index in [2.05, 4.69) is 15.7 Å². The highest BCUT2D eigenvalue weighted by Crippen LogP contribution is 2.55. The summed E-state index contributed by atoms with van der Waals surface area (Å²) in [6.07, 6.45) is 6.98. The molecule has 0 aromatic carbocycles. The maximum atomic E-state index is 10.9. The van der Waals surface area contributed by atoms with E-state index in [1.165, 1.54) is 18.7 Å². The average molecular weight is 247 g/mol. The van der Waals surface area contributed by atoms with E-state index in [1.54, 1.807) is 4.90 Å². The summed E-state index contributed by atoms with van der Waals surface area (Å²) in [5.41, 5.74) is 0. The van der Waals surface area contributed by atoms with Crippen molar-refractivity contribution in [1.82, 2.24) is 14.5 Å². The molecule has 3 aliphatic rings. The topological polar surface area (TPSA) is 58.4 Å². The van der Waals surface area contributed by atoms with Crippen LogP contribution in [0.1, 0.15) is 24.7 Å². The number of carbonyl (C=O) groups is 1. The van der Waals surface area contributed by atoms with Crippen molar-refractivity contribution < 1.29 is 9.90 Å². The van der Waals surface area contributed by atoms with Crippen molar-refractivity contribution >= 4 is 6.09 Å². The molecule has 1 saturated heterocycles. The van der Waals surface area contributed by atoms with Crippen LogP contribution in [0.3, 0.4) is 0 Å². The molecule has 0 unspecified atom stereocenters. The number of rotatable bonds is 3. The van der Waals surface area contributed by atoms with E-state index in [4.69, 9.17) is 5.11 Å². The molecule has 1 N–H and O–H groups in total. The standard InChI is InChI=1S/C13H17N3O2/c17-13(18)15-6-9-10(7-15)12(9)16-4-3-14-11(16)5-8-1-2-8/h3-4,8-10,12H,1-2,5-7H2,(H,17,18)/t9-,10+,12-. The van der Waals surface area contributed by atoms with Crippen molar-refractivity contribution in [2.45, 2.75) is 25.3 Å². The Kier molecular flexibility index (Phi) is 2.02. The van der Waals surface area contributed by atoms with E-state index < -0.39 is 6.09 Å². The zero-order valence-corrected chi connectivity index (χ0v) is 10.2. The van der Waals surface area contributed by atoms with Gasteiger partial charge in [0.25, 0.3) is 0 Å². The Bertz CT molecular complexity index is 482. The lowest BCUT2D eigenvalue weighted by Crippen LogP contribution is -2.30. The second kappa shape index (κ2) is 3.49. The van der Waals surface area contributed by atoms with E-state index >= 15 is 0 Å². The van der Waals surface area contributed by atoms with E-state index in [9.17, 15) is 4.79 Å². The van der Waals surface area contributed by atoms with Crippen molar-refractivity contribution in [3.8, 4) is 0 Å². The van der Waals surface area contributed by atoms with Crippen LogP contribution >= 0.6 is 0 Å². The monoisotopic (exact) mass is 247 g/mol. The predicted octanol–water partition coefficient (Wildman–Crippen LogP) is 1.62. The number of amides is 1. The molecule has 3 atom stereocenters. The molecular formula is C13H17N3O2. The van der Waals surface area contributed by atoms with Gasteiger partial charge in [0.05, 0.1) is 0 Å². The number of hydrogen-bond acceptors (Lipinski definition) is 2. The van der Waals surface area contributed by atoms with Gasteiger partial charge in [0.15, 0.2) is 0 Å². The van der Waals surface area contributed by atoms with Crippen molar-refractivity contribution in [1.29, 1.82) is 0 Å². The Hall–Kier alpha value is -1.52. The number of carboxylic acid groups (broad SMARTS) is 1. The molecule has 96 valence electrons. The average Bonchev–Trinajstić information content (AvgIpc) is 3.17. The number of aromatic nitrogens is 2. The van der Waals surface area contributed by atoms with Crippen LogP contribution in [-0.4, -0.2) is 38.7 Å². The Balaban J connectivity index is 1.47. The van der Waals surface area contributed by atoms with Crippen LogP contribution in [0.15, 0.2) is 12.4 Å². The number of nitrogens with zero attached hydrogens (tertiary/aromatic N) is 3. The van der Waals surface area contributed by atoms with Crippen molar-refractivity contribution in [3.63, 3.8) is 0 Å². The second-order valence-electron chi connectivity index (χ2n) is 5.90. The van der Waals surface area contributed by atoms with Gasteiger partial charge >= 0.3 is 6.09 Å². The molecule has 1 aromatic rings. The first kappa shape index (κ1) is 10.4. The largest absolute Gasteiger partial charge is 0.465 e. The smallest absolute Gasteiger partial charge is 0.407 e. The SMILES string of the molecule is O=C(O)N1C[C@@H]2[C@H](C1)[C@@H]2n1ccnc1CC1CC1. The van der Waals surface area contributed by atoms with E-state index in [-0.39, 0.29) is 0 Å². The number of hydrogen-bond donors (Lipinski definition) is 1. The lowest BCUT2D eigenvalue weighted by atomic mass is 10.2. The molecule has 18 heavy (non-hydrogen) atoms. The molecule has 2 aliphatic carbocycles. The zero-order valence-electron chi connectivity index (χ0n) is 10.2. The summed E-state index contributed by atoms with van der Waals surface area (Å²) in [5, 5.41) is 8.96. The van der Waals surface area contributed by atoms with Crippen LogP contribution in [-0.2, 0) is 6.42 Å². The lowest BCUT2D eigenvalue weighted by molar-refractivity contribution is 0.148. The van der Waals surface area contributed by atoms with Gasteiger partial charge in [-0.1, -0.05) is 0 Å². The first-order valence-corrected chi connectivity index (χ1v) is 6.73. The van der Waals surface area contributed by atoms with Crippen molar-refractivity contribution in [3.05, 3.63) is 18.2 Å². The first-order valence-electron chi connectivity index (χ1n) is 6.73. The fourth-order valence-corrected chi connectivity index (χ4v) is 3.42. The van der Waals surface area contributed by atoms with E-state index in [0.29, 0.717) is 31.0 Å². The van der Waals surface area contributed by atoms with Crippen LogP contribution in [0.4, 0.5) is 4.79 Å². The van der Waals surface area contributed by atoms with Gasteiger partial charge in [0.1, 0.15) is 5.82 Å². The molecule has 5 nitrogen and oxygen atoms in total. The quantitative estimate of drug-likeness (QED) is 0.883. The van der Waals surface area contributed by atoms with Gasteiger partial charge in [0.2, 0.25) is 0 Å². The molecular weight excluding hydrogens is 230 g/mol. The Morgan fingerprint density at radius 1 is 1.39 bits per heavy atom. The Morgan fingerprint density at radius 3 is 2.72 bits per heavy atom. The normalized spacial score (nSPS) is 33.6. The third-order valence-electron chi connectivity index (χ3n) is 4.66. The summed E-state index contributed by atoms with van der Waals surface area (Å²) in [6, 6.07) is 0.511. The first-order chi connectivity index (χ1) is 8.74. The summed E-state index contributed by atoms with van der Waals surface area (Å²) < 4.78 is 2.31. The third kappa shape index (κ3) is 1.53. The van der Waals surface area contributed by atoms with Gasteiger partial charge in [-0.25, -0.2) is 9.78 Å². The molecule has 2 saturated carbocycles. The highest BCUT2D eigenvalue weighted by Gasteiger charge is 2.58. The summed E-state index contributed by atoms with van der Waals surface area (Å²) in [5.74, 6) is 3.10. The third-order valence-corrected chi connectivity index (χ3v) is 4.66. The molecule has 2 heterocycles. The van der Waals surface area contributed by atoms with E-state index in [0.717, 1.165) is 12.3 Å². The number of fused-ring (bicyclic) bond motifs is 1. The predicted molar refractivity (Wildman–Crippen MR) is 64.3 cm³/mol. The molecule has 1 aliphatic heterocycles. The molecule has 3 fully saturated rings. The van der Waals surface area contributed by atoms with Crippen LogP contribution < -0.4 is 0 Å². The molecule has 1 aromatic heterocycles. The number of likely N-dealkylation sites (tertiary alicyclic amines) is 1. The van der Waals surface area contributed by atoms with Gasteiger partial charge in [-0.2, -0.15) is 0 Å². The summed E-state index contributed by atoms with van der Waals surface area (Å²) >= 11 is 0. The van der Waals surface area contributed by atoms with Crippen molar-refractivity contribution in [2.24, 2.45) is 17.8 Å². The Labute approximate surface area is 105 Å². The maximum absolute atomic E-state index is 10.9. The van der Waals surface area contributed by atoms with Gasteiger partial charge < -0.3 is 14.6 Å². The van der Waals surface area contributed by atoms with Gasteiger partial charge in [-0.3, -0.25) is 0 Å². The fourth-order valence-electron chi connectivity index (χ4n) is 3.42. The second-order valence-corrected chi connectivity index (χ2v) is 5.90. The maximum Gasteiger partial charge on any atom is 0.407 e. The molecule has 4 rings (SSSR count). The number of imidazole rings is 1. The minimum Gasteiger partial charge on any atom is -0.465 e. The summed E-state index contributed by atoms with van der Waals surface area (Å²) in [6.45, 7) is 1.40. The lowest BCUT2D eigenvalue weighted by Gasteiger charge is -2.17. The molecule has 0 spiro atoms.